The molecule has 4 heteroatoms. The molecular weight excluding hydrogens is 228 g/mol. The van der Waals surface area contributed by atoms with E-state index in [-0.39, 0.29) is 0 Å². The summed E-state index contributed by atoms with van der Waals surface area (Å²) in [6, 6.07) is 3.97. The second kappa shape index (κ2) is 5.06. The van der Waals surface area contributed by atoms with Crippen LogP contribution in [0.5, 0.6) is 0 Å². The highest BCUT2D eigenvalue weighted by molar-refractivity contribution is 5.74. The molecule has 1 saturated heterocycles. The summed E-state index contributed by atoms with van der Waals surface area (Å²) < 4.78 is 0. The van der Waals surface area contributed by atoms with Gasteiger partial charge < -0.3 is 5.11 Å². The number of carboxylic acid groups (broad SMARTS) is 1. The molecule has 2 rings (SSSR count). The molecule has 0 bridgehead atoms. The Kier molecular flexibility index (Phi) is 3.66. The van der Waals surface area contributed by atoms with Gasteiger partial charge in [0, 0.05) is 19.3 Å². The third-order valence-corrected chi connectivity index (χ3v) is 3.78. The molecule has 0 radical (unpaired) electrons. The fraction of sp³-hybridized carbons (Fsp3) is 0.571. The molecule has 0 aliphatic carbocycles. The molecule has 0 amide bonds. The maximum atomic E-state index is 11.3. The van der Waals surface area contributed by atoms with E-state index in [0.29, 0.717) is 6.54 Å². The van der Waals surface area contributed by atoms with Gasteiger partial charge in [0.05, 0.1) is 11.1 Å². The van der Waals surface area contributed by atoms with Crippen molar-refractivity contribution in [2.45, 2.75) is 33.2 Å². The Morgan fingerprint density at radius 3 is 3.06 bits per heavy atom. The Morgan fingerprint density at radius 2 is 2.39 bits per heavy atom. The van der Waals surface area contributed by atoms with E-state index in [1.807, 2.05) is 26.0 Å². The number of aromatic nitrogens is 1. The van der Waals surface area contributed by atoms with Crippen molar-refractivity contribution in [1.29, 1.82) is 0 Å². The van der Waals surface area contributed by atoms with Gasteiger partial charge in [-0.3, -0.25) is 14.7 Å². The molecule has 4 nitrogen and oxygen atoms in total. The lowest BCUT2D eigenvalue weighted by Crippen LogP contribution is -2.45. The lowest BCUT2D eigenvalue weighted by Gasteiger charge is -2.37. The molecule has 1 atom stereocenters. The second-order valence-electron chi connectivity index (χ2n) is 5.45. The van der Waals surface area contributed by atoms with Crippen LogP contribution in [-0.2, 0) is 11.3 Å². The first-order chi connectivity index (χ1) is 8.51. The molecule has 98 valence electrons. The van der Waals surface area contributed by atoms with Crippen LogP contribution in [0.2, 0.25) is 0 Å². The van der Waals surface area contributed by atoms with Gasteiger partial charge in [-0.15, -0.1) is 0 Å². The first-order valence-electron chi connectivity index (χ1n) is 6.37. The zero-order valence-electron chi connectivity index (χ0n) is 11.0. The molecule has 0 saturated carbocycles. The van der Waals surface area contributed by atoms with Crippen LogP contribution in [0.4, 0.5) is 0 Å². The van der Waals surface area contributed by atoms with E-state index in [1.54, 1.807) is 6.20 Å². The van der Waals surface area contributed by atoms with Gasteiger partial charge in [-0.2, -0.15) is 0 Å². The Labute approximate surface area is 108 Å². The number of carbonyl (C=O) groups is 1. The molecule has 1 aliphatic heterocycles. The number of pyridine rings is 1. The van der Waals surface area contributed by atoms with Crippen LogP contribution in [-0.4, -0.2) is 34.0 Å². The summed E-state index contributed by atoms with van der Waals surface area (Å²) in [5, 5.41) is 9.29. The number of likely N-dealkylation sites (tertiary alicyclic amines) is 1. The number of nitrogens with zero attached hydrogens (tertiary/aromatic N) is 2. The first-order valence-corrected chi connectivity index (χ1v) is 6.37. The standard InChI is InChI=1S/C14H20N2O2/c1-11-5-3-7-15-12(11)9-16-8-4-6-14(2,10-16)13(17)18/h3,5,7H,4,6,8-10H2,1-2H3,(H,17,18). The smallest absolute Gasteiger partial charge is 0.310 e. The van der Waals surface area contributed by atoms with Crippen LogP contribution in [0, 0.1) is 12.3 Å². The fourth-order valence-electron chi connectivity index (χ4n) is 2.55. The predicted molar refractivity (Wildman–Crippen MR) is 69.2 cm³/mol. The van der Waals surface area contributed by atoms with Crippen molar-refractivity contribution in [2.24, 2.45) is 5.41 Å². The third-order valence-electron chi connectivity index (χ3n) is 3.78. The van der Waals surface area contributed by atoms with Crippen molar-refractivity contribution in [3.63, 3.8) is 0 Å². The Balaban J connectivity index is 2.07. The topological polar surface area (TPSA) is 53.4 Å². The number of hydrogen-bond acceptors (Lipinski definition) is 3. The largest absolute Gasteiger partial charge is 0.481 e. The Bertz CT molecular complexity index is 447. The van der Waals surface area contributed by atoms with Gasteiger partial charge in [-0.1, -0.05) is 6.07 Å². The number of aliphatic carboxylic acids is 1. The maximum absolute atomic E-state index is 11.3. The summed E-state index contributed by atoms with van der Waals surface area (Å²) in [6.45, 7) is 6.20. The van der Waals surface area contributed by atoms with Gasteiger partial charge in [0.25, 0.3) is 0 Å². The highest BCUT2D eigenvalue weighted by Gasteiger charge is 2.37. The van der Waals surface area contributed by atoms with Crippen molar-refractivity contribution in [3.05, 3.63) is 29.6 Å². The molecule has 0 spiro atoms. The average Bonchev–Trinajstić information content (AvgIpc) is 2.32. The maximum Gasteiger partial charge on any atom is 0.310 e. The Hall–Kier alpha value is -1.42. The molecule has 1 unspecified atom stereocenters. The SMILES string of the molecule is Cc1cccnc1CN1CCCC(C)(C(=O)O)C1. The van der Waals surface area contributed by atoms with Gasteiger partial charge in [0.15, 0.2) is 0 Å². The van der Waals surface area contributed by atoms with Crippen molar-refractivity contribution in [1.82, 2.24) is 9.88 Å². The highest BCUT2D eigenvalue weighted by Crippen LogP contribution is 2.30. The normalized spacial score (nSPS) is 25.0. The molecule has 1 aromatic heterocycles. The molecule has 1 aromatic rings. The first kappa shape index (κ1) is 13.0. The highest BCUT2D eigenvalue weighted by atomic mass is 16.4. The van der Waals surface area contributed by atoms with E-state index >= 15 is 0 Å². The third kappa shape index (κ3) is 2.70. The quantitative estimate of drug-likeness (QED) is 0.889. The summed E-state index contributed by atoms with van der Waals surface area (Å²) in [5.41, 5.74) is 1.60. The van der Waals surface area contributed by atoms with E-state index in [1.165, 1.54) is 5.56 Å². The van der Waals surface area contributed by atoms with Gasteiger partial charge >= 0.3 is 5.97 Å². The van der Waals surface area contributed by atoms with Crippen LogP contribution in [0.3, 0.4) is 0 Å². The van der Waals surface area contributed by atoms with Crippen molar-refractivity contribution in [3.8, 4) is 0 Å². The minimum absolute atomic E-state index is 0.609. The summed E-state index contributed by atoms with van der Waals surface area (Å²) in [4.78, 5) is 17.9. The summed E-state index contributed by atoms with van der Waals surface area (Å²) >= 11 is 0. The summed E-state index contributed by atoms with van der Waals surface area (Å²) in [5.74, 6) is -0.690. The predicted octanol–water partition coefficient (Wildman–Crippen LogP) is 2.08. The van der Waals surface area contributed by atoms with E-state index in [0.717, 1.165) is 31.6 Å². The van der Waals surface area contributed by atoms with Crippen molar-refractivity contribution in [2.75, 3.05) is 13.1 Å². The molecule has 2 heterocycles. The minimum atomic E-state index is -0.690. The monoisotopic (exact) mass is 248 g/mol. The Morgan fingerprint density at radius 1 is 1.61 bits per heavy atom. The van der Waals surface area contributed by atoms with E-state index in [4.69, 9.17) is 0 Å². The molecule has 0 aromatic carbocycles. The van der Waals surface area contributed by atoms with Gasteiger partial charge in [0.1, 0.15) is 0 Å². The number of rotatable bonds is 3. The van der Waals surface area contributed by atoms with E-state index in [2.05, 4.69) is 9.88 Å². The van der Waals surface area contributed by atoms with Gasteiger partial charge in [-0.05, 0) is 44.9 Å². The lowest BCUT2D eigenvalue weighted by atomic mass is 9.82. The van der Waals surface area contributed by atoms with Crippen LogP contribution in [0.15, 0.2) is 18.3 Å². The van der Waals surface area contributed by atoms with Crippen LogP contribution in [0.1, 0.15) is 31.0 Å². The summed E-state index contributed by atoms with van der Waals surface area (Å²) in [7, 11) is 0. The van der Waals surface area contributed by atoms with Crippen LogP contribution in [0.25, 0.3) is 0 Å². The van der Waals surface area contributed by atoms with Gasteiger partial charge in [-0.25, -0.2) is 0 Å². The molecule has 18 heavy (non-hydrogen) atoms. The fourth-order valence-corrected chi connectivity index (χ4v) is 2.55. The number of carboxylic acids is 1. The van der Waals surface area contributed by atoms with E-state index in [9.17, 15) is 9.90 Å². The lowest BCUT2D eigenvalue weighted by molar-refractivity contribution is -0.151. The number of hydrogen-bond donors (Lipinski definition) is 1. The second-order valence-corrected chi connectivity index (χ2v) is 5.45. The van der Waals surface area contributed by atoms with Crippen molar-refractivity contribution >= 4 is 5.97 Å². The summed E-state index contributed by atoms with van der Waals surface area (Å²) in [6.07, 6.45) is 3.50. The van der Waals surface area contributed by atoms with Crippen LogP contribution >= 0.6 is 0 Å². The molecule has 1 fully saturated rings. The molecular formula is C14H20N2O2. The van der Waals surface area contributed by atoms with E-state index < -0.39 is 11.4 Å². The minimum Gasteiger partial charge on any atom is -0.481 e. The van der Waals surface area contributed by atoms with Crippen molar-refractivity contribution < 1.29 is 9.90 Å². The molecule has 1 aliphatic rings. The average molecular weight is 248 g/mol. The molecule has 1 N–H and O–H groups in total. The van der Waals surface area contributed by atoms with Gasteiger partial charge in [0.2, 0.25) is 0 Å². The zero-order valence-corrected chi connectivity index (χ0v) is 11.0. The number of aryl methyl sites for hydroxylation is 1. The number of piperidine rings is 1. The zero-order chi connectivity index (χ0) is 13.2. The van der Waals surface area contributed by atoms with Crippen LogP contribution < -0.4 is 0 Å².